The van der Waals surface area contributed by atoms with Gasteiger partial charge in [0.15, 0.2) is 0 Å². The van der Waals surface area contributed by atoms with Crippen LogP contribution < -0.4 is 20.7 Å². The summed E-state index contributed by atoms with van der Waals surface area (Å²) < 4.78 is 18.2. The van der Waals surface area contributed by atoms with E-state index in [1.807, 2.05) is 31.2 Å². The fourth-order valence-corrected chi connectivity index (χ4v) is 2.64. The summed E-state index contributed by atoms with van der Waals surface area (Å²) in [6.45, 7) is 2.48. The van der Waals surface area contributed by atoms with Crippen LogP contribution in [0, 0.1) is 11.7 Å². The van der Waals surface area contributed by atoms with Gasteiger partial charge in [0.2, 0.25) is 5.91 Å². The quantitative estimate of drug-likeness (QED) is 0.608. The summed E-state index contributed by atoms with van der Waals surface area (Å²) in [4.78, 5) is 23.8. The van der Waals surface area contributed by atoms with Gasteiger partial charge in [0, 0.05) is 11.6 Å². The lowest BCUT2D eigenvalue weighted by Crippen LogP contribution is -2.38. The van der Waals surface area contributed by atoms with E-state index in [0.29, 0.717) is 12.3 Å². The molecule has 2 aromatic carbocycles. The molecule has 0 aromatic heterocycles. The first-order valence-electron chi connectivity index (χ1n) is 9.35. The van der Waals surface area contributed by atoms with Crippen molar-refractivity contribution in [2.75, 3.05) is 18.5 Å². The summed E-state index contributed by atoms with van der Waals surface area (Å²) in [5.41, 5.74) is 1.69. The van der Waals surface area contributed by atoms with Crippen LogP contribution in [0.4, 0.5) is 14.9 Å². The van der Waals surface area contributed by atoms with E-state index in [1.54, 1.807) is 0 Å². The first-order valence-corrected chi connectivity index (χ1v) is 9.35. The van der Waals surface area contributed by atoms with Crippen molar-refractivity contribution in [3.8, 4) is 5.75 Å². The molecule has 3 rings (SSSR count). The molecule has 3 N–H and O–H groups in total. The number of hydrogen-bond donors (Lipinski definition) is 3. The highest BCUT2D eigenvalue weighted by molar-refractivity contribution is 5.94. The third kappa shape index (κ3) is 5.97. The number of anilines is 1. The predicted octanol–water partition coefficient (Wildman–Crippen LogP) is 3.61. The SMILES string of the molecule is C[C@H](NC(=O)NCCOc1ccc(F)cc1)c1ccc(NC(=O)C2CC2)cc1. The van der Waals surface area contributed by atoms with Crippen LogP contribution in [-0.2, 0) is 4.79 Å². The van der Waals surface area contributed by atoms with Crippen molar-refractivity contribution in [2.45, 2.75) is 25.8 Å². The summed E-state index contributed by atoms with van der Waals surface area (Å²) in [5, 5.41) is 8.45. The smallest absolute Gasteiger partial charge is 0.315 e. The van der Waals surface area contributed by atoms with E-state index in [-0.39, 0.29) is 36.3 Å². The van der Waals surface area contributed by atoms with E-state index in [9.17, 15) is 14.0 Å². The van der Waals surface area contributed by atoms with E-state index in [2.05, 4.69) is 16.0 Å². The van der Waals surface area contributed by atoms with Crippen molar-refractivity contribution >= 4 is 17.6 Å². The Bertz CT molecular complexity index is 805. The Hall–Kier alpha value is -3.09. The summed E-state index contributed by atoms with van der Waals surface area (Å²) >= 11 is 0. The molecule has 6 nitrogen and oxygen atoms in total. The Morgan fingerprint density at radius 2 is 1.79 bits per heavy atom. The zero-order valence-corrected chi connectivity index (χ0v) is 15.7. The van der Waals surface area contributed by atoms with Gasteiger partial charge in [0.1, 0.15) is 18.2 Å². The van der Waals surface area contributed by atoms with Crippen LogP contribution in [0.3, 0.4) is 0 Å². The Morgan fingerprint density at radius 1 is 1.11 bits per heavy atom. The molecule has 1 fully saturated rings. The van der Waals surface area contributed by atoms with Crippen LogP contribution >= 0.6 is 0 Å². The zero-order chi connectivity index (χ0) is 19.9. The molecule has 0 radical (unpaired) electrons. The number of carbonyl (C=O) groups excluding carboxylic acids is 2. The van der Waals surface area contributed by atoms with Crippen LogP contribution in [0.5, 0.6) is 5.75 Å². The minimum absolute atomic E-state index is 0.0705. The van der Waals surface area contributed by atoms with Crippen molar-refractivity contribution in [1.29, 1.82) is 0 Å². The van der Waals surface area contributed by atoms with Gasteiger partial charge in [-0.2, -0.15) is 0 Å². The Kier molecular flexibility index (Phi) is 6.47. The van der Waals surface area contributed by atoms with Crippen molar-refractivity contribution in [3.63, 3.8) is 0 Å². The predicted molar refractivity (Wildman–Crippen MR) is 105 cm³/mol. The van der Waals surface area contributed by atoms with Crippen molar-refractivity contribution < 1.29 is 18.7 Å². The maximum atomic E-state index is 12.8. The third-order valence-corrected chi connectivity index (χ3v) is 4.44. The molecule has 0 bridgehead atoms. The lowest BCUT2D eigenvalue weighted by Gasteiger charge is -2.16. The highest BCUT2D eigenvalue weighted by Crippen LogP contribution is 2.30. The maximum Gasteiger partial charge on any atom is 0.315 e. The van der Waals surface area contributed by atoms with Crippen molar-refractivity contribution in [2.24, 2.45) is 5.92 Å². The van der Waals surface area contributed by atoms with Gasteiger partial charge >= 0.3 is 6.03 Å². The van der Waals surface area contributed by atoms with E-state index in [1.165, 1.54) is 24.3 Å². The molecule has 3 amide bonds. The number of urea groups is 1. The van der Waals surface area contributed by atoms with Gasteiger partial charge in [0.05, 0.1) is 12.6 Å². The van der Waals surface area contributed by atoms with Gasteiger partial charge in [-0.25, -0.2) is 9.18 Å². The molecule has 0 heterocycles. The molecule has 2 aromatic rings. The van der Waals surface area contributed by atoms with E-state index in [0.717, 1.165) is 24.1 Å². The first kappa shape index (κ1) is 19.7. The van der Waals surface area contributed by atoms with Gasteiger partial charge in [-0.05, 0) is 61.7 Å². The molecular weight excluding hydrogens is 361 g/mol. The van der Waals surface area contributed by atoms with Crippen LogP contribution in [0.25, 0.3) is 0 Å². The Balaban J connectivity index is 1.37. The number of hydrogen-bond acceptors (Lipinski definition) is 3. The van der Waals surface area contributed by atoms with Crippen LogP contribution in [-0.4, -0.2) is 25.1 Å². The van der Waals surface area contributed by atoms with Crippen LogP contribution in [0.1, 0.15) is 31.4 Å². The summed E-state index contributed by atoms with van der Waals surface area (Å²) in [6.07, 6.45) is 1.93. The molecule has 1 aliphatic carbocycles. The fraction of sp³-hybridized carbons (Fsp3) is 0.333. The lowest BCUT2D eigenvalue weighted by molar-refractivity contribution is -0.117. The second-order valence-corrected chi connectivity index (χ2v) is 6.81. The molecule has 7 heteroatoms. The number of carbonyl (C=O) groups is 2. The van der Waals surface area contributed by atoms with Crippen LogP contribution in [0.15, 0.2) is 48.5 Å². The maximum absolute atomic E-state index is 12.8. The molecule has 0 unspecified atom stereocenters. The molecule has 0 saturated heterocycles. The van der Waals surface area contributed by atoms with Crippen LogP contribution in [0.2, 0.25) is 0 Å². The molecular formula is C21H24FN3O3. The average molecular weight is 385 g/mol. The lowest BCUT2D eigenvalue weighted by atomic mass is 10.1. The second-order valence-electron chi connectivity index (χ2n) is 6.81. The second kappa shape index (κ2) is 9.21. The third-order valence-electron chi connectivity index (χ3n) is 4.44. The topological polar surface area (TPSA) is 79.5 Å². The summed E-state index contributed by atoms with van der Waals surface area (Å²) in [5.74, 6) is 0.458. The molecule has 1 saturated carbocycles. The minimum Gasteiger partial charge on any atom is -0.492 e. The largest absolute Gasteiger partial charge is 0.492 e. The fourth-order valence-electron chi connectivity index (χ4n) is 2.64. The molecule has 28 heavy (non-hydrogen) atoms. The monoisotopic (exact) mass is 385 g/mol. The van der Waals surface area contributed by atoms with Gasteiger partial charge in [-0.1, -0.05) is 12.1 Å². The molecule has 1 aliphatic rings. The van der Waals surface area contributed by atoms with E-state index < -0.39 is 0 Å². The van der Waals surface area contributed by atoms with E-state index in [4.69, 9.17) is 4.74 Å². The number of benzene rings is 2. The Morgan fingerprint density at radius 3 is 2.43 bits per heavy atom. The number of nitrogens with one attached hydrogen (secondary N) is 3. The molecule has 0 spiro atoms. The zero-order valence-electron chi connectivity index (χ0n) is 15.7. The van der Waals surface area contributed by atoms with Gasteiger partial charge in [0.25, 0.3) is 0 Å². The molecule has 0 aliphatic heterocycles. The normalized spacial score (nSPS) is 14.1. The van der Waals surface area contributed by atoms with Gasteiger partial charge in [-0.3, -0.25) is 4.79 Å². The Labute approximate surface area is 163 Å². The highest BCUT2D eigenvalue weighted by atomic mass is 19.1. The highest BCUT2D eigenvalue weighted by Gasteiger charge is 2.29. The number of rotatable bonds is 8. The van der Waals surface area contributed by atoms with E-state index >= 15 is 0 Å². The molecule has 148 valence electrons. The number of halogens is 1. The minimum atomic E-state index is -0.322. The number of ether oxygens (including phenoxy) is 1. The number of amides is 3. The van der Waals surface area contributed by atoms with Gasteiger partial charge in [-0.15, -0.1) is 0 Å². The first-order chi connectivity index (χ1) is 13.5. The van der Waals surface area contributed by atoms with Crippen molar-refractivity contribution in [1.82, 2.24) is 10.6 Å². The molecule has 1 atom stereocenters. The van der Waals surface area contributed by atoms with Crippen molar-refractivity contribution in [3.05, 3.63) is 59.9 Å². The standard InChI is InChI=1S/C21H24FN3O3/c1-14(15-4-8-18(9-5-15)25-20(26)16-2-3-16)24-21(27)23-12-13-28-19-10-6-17(22)7-11-19/h4-11,14,16H,2-3,12-13H2,1H3,(H,25,26)(H2,23,24,27)/t14-/m0/s1. The summed E-state index contributed by atoms with van der Waals surface area (Å²) in [6, 6.07) is 12.6. The average Bonchev–Trinajstić information content (AvgIpc) is 3.52. The van der Waals surface area contributed by atoms with Gasteiger partial charge < -0.3 is 20.7 Å². The summed E-state index contributed by atoms with van der Waals surface area (Å²) in [7, 11) is 0.